The van der Waals surface area contributed by atoms with Crippen LogP contribution in [-0.4, -0.2) is 26.3 Å². The van der Waals surface area contributed by atoms with Gasteiger partial charge in [-0.25, -0.2) is 9.18 Å². The Balaban J connectivity index is 2.18. The van der Waals surface area contributed by atoms with Gasteiger partial charge in [-0.1, -0.05) is 11.6 Å². The number of nitrogens with one attached hydrogen (secondary N) is 2. The predicted molar refractivity (Wildman–Crippen MR) is 74.3 cm³/mol. The second-order valence-corrected chi connectivity index (χ2v) is 4.89. The molecule has 2 amide bonds. The Morgan fingerprint density at radius 2 is 2.00 bits per heavy atom. The van der Waals surface area contributed by atoms with E-state index < -0.39 is 11.8 Å². The van der Waals surface area contributed by atoms with Crippen molar-refractivity contribution in [3.05, 3.63) is 16.9 Å². The molecule has 7 heteroatoms. The Morgan fingerprint density at radius 3 is 2.50 bits per heavy atom. The molecular weight excluding hydrogens is 287 g/mol. The second kappa shape index (κ2) is 6.17. The van der Waals surface area contributed by atoms with Crippen LogP contribution in [0.1, 0.15) is 19.3 Å². The number of rotatable bonds is 4. The van der Waals surface area contributed by atoms with Crippen LogP contribution < -0.4 is 20.1 Å². The molecule has 1 saturated carbocycles. The third-order valence-corrected chi connectivity index (χ3v) is 3.60. The van der Waals surface area contributed by atoms with E-state index in [9.17, 15) is 9.18 Å². The number of amides is 2. The van der Waals surface area contributed by atoms with Gasteiger partial charge in [0.05, 0.1) is 19.9 Å². The number of anilines is 1. The summed E-state index contributed by atoms with van der Waals surface area (Å²) in [5.41, 5.74) is 0.138. The fourth-order valence-corrected chi connectivity index (χ4v) is 2.21. The lowest BCUT2D eigenvalue weighted by molar-refractivity contribution is 0.240. The number of carbonyl (C=O) groups excluding carboxylic acids is 1. The molecule has 1 aromatic rings. The Labute approximate surface area is 121 Å². The highest BCUT2D eigenvalue weighted by molar-refractivity contribution is 6.35. The van der Waals surface area contributed by atoms with Crippen LogP contribution in [0.2, 0.25) is 5.02 Å². The molecule has 0 bridgehead atoms. The average molecular weight is 303 g/mol. The SMILES string of the molecule is COc1c(F)cc(NC(=O)NC2CCC2)c(Cl)c1OC. The van der Waals surface area contributed by atoms with Gasteiger partial charge in [0.2, 0.25) is 0 Å². The molecule has 0 radical (unpaired) electrons. The highest BCUT2D eigenvalue weighted by atomic mass is 35.5. The molecule has 1 aliphatic rings. The fourth-order valence-electron chi connectivity index (χ4n) is 1.95. The van der Waals surface area contributed by atoms with Gasteiger partial charge in [0, 0.05) is 12.1 Å². The van der Waals surface area contributed by atoms with Crippen molar-refractivity contribution < 1.29 is 18.7 Å². The molecule has 1 aromatic carbocycles. The quantitative estimate of drug-likeness (QED) is 0.898. The van der Waals surface area contributed by atoms with E-state index in [0.29, 0.717) is 0 Å². The third-order valence-electron chi connectivity index (χ3n) is 3.23. The highest BCUT2D eigenvalue weighted by Gasteiger charge is 2.22. The zero-order valence-electron chi connectivity index (χ0n) is 11.3. The van der Waals surface area contributed by atoms with Crippen LogP contribution in [0.15, 0.2) is 6.07 Å². The topological polar surface area (TPSA) is 59.6 Å². The summed E-state index contributed by atoms with van der Waals surface area (Å²) >= 11 is 6.08. The zero-order chi connectivity index (χ0) is 14.7. The molecule has 0 heterocycles. The summed E-state index contributed by atoms with van der Waals surface area (Å²) in [6.07, 6.45) is 3.03. The van der Waals surface area contributed by atoms with Crippen LogP contribution in [0.5, 0.6) is 11.5 Å². The number of halogens is 2. The third kappa shape index (κ3) is 2.90. The first kappa shape index (κ1) is 14.7. The molecule has 1 aliphatic carbocycles. The number of hydrogen-bond donors (Lipinski definition) is 2. The minimum absolute atomic E-state index is 0.0492. The molecule has 110 valence electrons. The van der Waals surface area contributed by atoms with E-state index in [4.69, 9.17) is 21.1 Å². The van der Waals surface area contributed by atoms with Crippen LogP contribution in [0, 0.1) is 5.82 Å². The summed E-state index contributed by atoms with van der Waals surface area (Å²) in [5.74, 6) is -0.705. The molecule has 0 atom stereocenters. The molecule has 2 rings (SSSR count). The monoisotopic (exact) mass is 302 g/mol. The van der Waals surface area contributed by atoms with Gasteiger partial charge in [-0.3, -0.25) is 0 Å². The first-order valence-electron chi connectivity index (χ1n) is 6.24. The van der Waals surface area contributed by atoms with Crippen molar-refractivity contribution in [2.45, 2.75) is 25.3 Å². The molecule has 2 N–H and O–H groups in total. The smallest absolute Gasteiger partial charge is 0.319 e. The molecule has 0 aliphatic heterocycles. The van der Waals surface area contributed by atoms with Crippen molar-refractivity contribution in [2.24, 2.45) is 0 Å². The van der Waals surface area contributed by atoms with E-state index in [2.05, 4.69) is 10.6 Å². The molecule has 0 spiro atoms. The van der Waals surface area contributed by atoms with Gasteiger partial charge >= 0.3 is 6.03 Å². The summed E-state index contributed by atoms with van der Waals surface area (Å²) in [6.45, 7) is 0. The lowest BCUT2D eigenvalue weighted by atomic mass is 9.93. The minimum atomic E-state index is -0.660. The minimum Gasteiger partial charge on any atom is -0.491 e. The number of hydrogen-bond acceptors (Lipinski definition) is 3. The highest BCUT2D eigenvalue weighted by Crippen LogP contribution is 2.42. The van der Waals surface area contributed by atoms with Crippen molar-refractivity contribution >= 4 is 23.3 Å². The molecule has 0 saturated heterocycles. The standard InChI is InChI=1S/C13H16ClFN2O3/c1-19-11-8(15)6-9(10(14)12(11)20-2)17-13(18)16-7-4-3-5-7/h6-7H,3-5H2,1-2H3,(H2,16,17,18). The molecule has 0 unspecified atom stereocenters. The van der Waals surface area contributed by atoms with E-state index in [-0.39, 0.29) is 28.3 Å². The molecular formula is C13H16ClFN2O3. The van der Waals surface area contributed by atoms with Crippen LogP contribution in [0.25, 0.3) is 0 Å². The van der Waals surface area contributed by atoms with Gasteiger partial charge in [0.25, 0.3) is 0 Å². The van der Waals surface area contributed by atoms with Gasteiger partial charge < -0.3 is 20.1 Å². The van der Waals surface area contributed by atoms with Gasteiger partial charge in [0.1, 0.15) is 5.02 Å². The molecule has 20 heavy (non-hydrogen) atoms. The molecule has 1 fully saturated rings. The Bertz CT molecular complexity index is 521. The Morgan fingerprint density at radius 1 is 1.35 bits per heavy atom. The summed E-state index contributed by atoms with van der Waals surface area (Å²) in [7, 11) is 2.66. The summed E-state index contributed by atoms with van der Waals surface area (Å²) in [6, 6.07) is 0.867. The van der Waals surface area contributed by atoms with Crippen molar-refractivity contribution in [3.8, 4) is 11.5 Å². The average Bonchev–Trinajstić information content (AvgIpc) is 2.37. The van der Waals surface area contributed by atoms with Crippen molar-refractivity contribution in [3.63, 3.8) is 0 Å². The van der Waals surface area contributed by atoms with Crippen molar-refractivity contribution in [2.75, 3.05) is 19.5 Å². The second-order valence-electron chi connectivity index (χ2n) is 4.51. The van der Waals surface area contributed by atoms with Gasteiger partial charge in [-0.2, -0.15) is 0 Å². The summed E-state index contributed by atoms with van der Waals surface area (Å²) < 4.78 is 23.7. The van der Waals surface area contributed by atoms with Crippen LogP contribution in [0.4, 0.5) is 14.9 Å². The van der Waals surface area contributed by atoms with Gasteiger partial charge in [0.15, 0.2) is 17.3 Å². The molecule has 5 nitrogen and oxygen atoms in total. The van der Waals surface area contributed by atoms with E-state index in [1.54, 1.807) is 0 Å². The normalized spacial score (nSPS) is 14.4. The maximum Gasteiger partial charge on any atom is 0.319 e. The van der Waals surface area contributed by atoms with E-state index in [1.165, 1.54) is 14.2 Å². The number of ether oxygens (including phenoxy) is 2. The lowest BCUT2D eigenvalue weighted by Gasteiger charge is -2.26. The predicted octanol–water partition coefficient (Wildman–Crippen LogP) is 3.17. The maximum atomic E-state index is 13.8. The van der Waals surface area contributed by atoms with Gasteiger partial charge in [-0.15, -0.1) is 0 Å². The number of methoxy groups -OCH3 is 2. The Hall–Kier alpha value is -1.69. The van der Waals surface area contributed by atoms with Gasteiger partial charge in [-0.05, 0) is 19.3 Å². The Kier molecular flexibility index (Phi) is 4.54. The summed E-state index contributed by atoms with van der Waals surface area (Å²) in [5, 5.41) is 5.39. The van der Waals surface area contributed by atoms with Crippen LogP contribution in [0.3, 0.4) is 0 Å². The lowest BCUT2D eigenvalue weighted by Crippen LogP contribution is -2.41. The van der Waals surface area contributed by atoms with E-state index in [0.717, 1.165) is 25.3 Å². The molecule has 0 aromatic heterocycles. The largest absolute Gasteiger partial charge is 0.491 e. The van der Waals surface area contributed by atoms with E-state index in [1.807, 2.05) is 0 Å². The first-order chi connectivity index (χ1) is 9.56. The number of benzene rings is 1. The van der Waals surface area contributed by atoms with Crippen LogP contribution >= 0.6 is 11.6 Å². The van der Waals surface area contributed by atoms with Crippen molar-refractivity contribution in [1.82, 2.24) is 5.32 Å². The van der Waals surface area contributed by atoms with E-state index >= 15 is 0 Å². The summed E-state index contributed by atoms with van der Waals surface area (Å²) in [4.78, 5) is 11.8. The van der Waals surface area contributed by atoms with Crippen molar-refractivity contribution in [1.29, 1.82) is 0 Å². The number of carbonyl (C=O) groups is 1. The first-order valence-corrected chi connectivity index (χ1v) is 6.62. The fraction of sp³-hybridized carbons (Fsp3) is 0.462. The zero-order valence-corrected chi connectivity index (χ0v) is 12.0. The van der Waals surface area contributed by atoms with Crippen LogP contribution in [-0.2, 0) is 0 Å². The number of urea groups is 1. The maximum absolute atomic E-state index is 13.8.